The van der Waals surface area contributed by atoms with E-state index in [0.29, 0.717) is 39.7 Å². The van der Waals surface area contributed by atoms with E-state index in [9.17, 15) is 9.59 Å². The number of rotatable bonds is 5. The molecule has 0 unspecified atom stereocenters. The highest BCUT2D eigenvalue weighted by Gasteiger charge is 2.26. The summed E-state index contributed by atoms with van der Waals surface area (Å²) >= 11 is 0. The predicted molar refractivity (Wildman–Crippen MR) is 136 cm³/mol. The fourth-order valence-electron chi connectivity index (χ4n) is 5.26. The average molecular weight is 476 g/mol. The smallest absolute Gasteiger partial charge is 0.267 e. The van der Waals surface area contributed by atoms with Gasteiger partial charge in [0.05, 0.1) is 26.8 Å². The molecule has 0 bridgehead atoms. The molecule has 35 heavy (non-hydrogen) atoms. The number of aromatic nitrogens is 3. The standard InChI is InChI=1S/C27H29N3O5/c1-29-19-13-9-8-12-18(19)23(31)22-26(29)28-25(30(27(22)32)17-10-6-5-7-11-17)16-14-20(33-2)24(35-4)21(15-16)34-3/h8-9,12-15,17H,5-7,10-11H2,1-4H3. The average Bonchev–Trinajstić information content (AvgIpc) is 2.90. The lowest BCUT2D eigenvalue weighted by Gasteiger charge is -2.27. The number of hydrogen-bond donors (Lipinski definition) is 0. The molecule has 1 aliphatic rings. The summed E-state index contributed by atoms with van der Waals surface area (Å²) in [6.07, 6.45) is 4.91. The van der Waals surface area contributed by atoms with Crippen molar-refractivity contribution in [3.8, 4) is 28.6 Å². The first-order valence-electron chi connectivity index (χ1n) is 11.8. The van der Waals surface area contributed by atoms with Gasteiger partial charge in [0, 0.05) is 24.0 Å². The van der Waals surface area contributed by atoms with Gasteiger partial charge in [0.1, 0.15) is 11.2 Å². The number of benzene rings is 2. The molecule has 1 aliphatic carbocycles. The molecule has 0 saturated heterocycles. The highest BCUT2D eigenvalue weighted by atomic mass is 16.5. The van der Waals surface area contributed by atoms with Gasteiger partial charge in [-0.25, -0.2) is 4.98 Å². The van der Waals surface area contributed by atoms with Crippen LogP contribution in [0.5, 0.6) is 17.2 Å². The lowest BCUT2D eigenvalue weighted by Crippen LogP contribution is -2.32. The molecule has 1 saturated carbocycles. The zero-order chi connectivity index (χ0) is 24.7. The summed E-state index contributed by atoms with van der Waals surface area (Å²) in [6.45, 7) is 0. The summed E-state index contributed by atoms with van der Waals surface area (Å²) in [6, 6.07) is 10.9. The van der Waals surface area contributed by atoms with Crippen LogP contribution in [0.15, 0.2) is 46.0 Å². The van der Waals surface area contributed by atoms with E-state index >= 15 is 0 Å². The van der Waals surface area contributed by atoms with Crippen LogP contribution >= 0.6 is 0 Å². The summed E-state index contributed by atoms with van der Waals surface area (Å²) < 4.78 is 20.2. The van der Waals surface area contributed by atoms with Crippen molar-refractivity contribution in [2.24, 2.45) is 7.05 Å². The van der Waals surface area contributed by atoms with E-state index in [2.05, 4.69) is 0 Å². The van der Waals surface area contributed by atoms with Crippen LogP contribution in [0.3, 0.4) is 0 Å². The third-order valence-corrected chi connectivity index (χ3v) is 7.01. The highest BCUT2D eigenvalue weighted by molar-refractivity contribution is 5.92. The van der Waals surface area contributed by atoms with Crippen molar-refractivity contribution in [1.29, 1.82) is 0 Å². The first-order valence-corrected chi connectivity index (χ1v) is 11.8. The van der Waals surface area contributed by atoms with Gasteiger partial charge in [0.15, 0.2) is 17.1 Å². The molecule has 5 rings (SSSR count). The second kappa shape index (κ2) is 9.09. The molecule has 2 aromatic heterocycles. The normalized spacial score (nSPS) is 14.4. The van der Waals surface area contributed by atoms with E-state index < -0.39 is 0 Å². The molecular weight excluding hydrogens is 446 g/mol. The minimum Gasteiger partial charge on any atom is -0.493 e. The largest absolute Gasteiger partial charge is 0.493 e. The summed E-state index contributed by atoms with van der Waals surface area (Å²) in [5.41, 5.74) is 1.14. The molecule has 2 aromatic carbocycles. The van der Waals surface area contributed by atoms with Crippen molar-refractivity contribution in [2.45, 2.75) is 38.1 Å². The van der Waals surface area contributed by atoms with Crippen molar-refractivity contribution in [1.82, 2.24) is 14.1 Å². The van der Waals surface area contributed by atoms with Gasteiger partial charge < -0.3 is 18.8 Å². The number of ether oxygens (including phenoxy) is 3. The lowest BCUT2D eigenvalue weighted by atomic mass is 9.94. The van der Waals surface area contributed by atoms with Crippen LogP contribution in [0.4, 0.5) is 0 Å². The van der Waals surface area contributed by atoms with Gasteiger partial charge in [0.25, 0.3) is 5.56 Å². The molecule has 182 valence electrons. The van der Waals surface area contributed by atoms with E-state index in [0.717, 1.165) is 37.6 Å². The van der Waals surface area contributed by atoms with E-state index in [1.54, 1.807) is 44.1 Å². The van der Waals surface area contributed by atoms with Gasteiger partial charge in [-0.05, 0) is 37.1 Å². The van der Waals surface area contributed by atoms with Crippen LogP contribution < -0.4 is 25.2 Å². The number of fused-ring (bicyclic) bond motifs is 2. The van der Waals surface area contributed by atoms with Crippen LogP contribution in [-0.4, -0.2) is 35.4 Å². The molecule has 2 heterocycles. The molecular formula is C27H29N3O5. The van der Waals surface area contributed by atoms with Crippen LogP contribution in [0.2, 0.25) is 0 Å². The molecule has 4 aromatic rings. The van der Waals surface area contributed by atoms with Gasteiger partial charge in [-0.2, -0.15) is 0 Å². The molecule has 8 nitrogen and oxygen atoms in total. The van der Waals surface area contributed by atoms with Gasteiger partial charge in [-0.15, -0.1) is 0 Å². The fourth-order valence-corrected chi connectivity index (χ4v) is 5.26. The number of hydrogen-bond acceptors (Lipinski definition) is 6. The first kappa shape index (κ1) is 23.0. The molecule has 0 amide bonds. The van der Waals surface area contributed by atoms with Crippen molar-refractivity contribution < 1.29 is 14.2 Å². The van der Waals surface area contributed by atoms with Crippen molar-refractivity contribution >= 4 is 21.9 Å². The topological polar surface area (TPSA) is 84.6 Å². The molecule has 8 heteroatoms. The Labute approximate surface area is 202 Å². The Morgan fingerprint density at radius 2 is 1.57 bits per heavy atom. The maximum absolute atomic E-state index is 14.1. The Hall–Kier alpha value is -3.81. The first-order chi connectivity index (χ1) is 17.0. The Bertz CT molecular complexity index is 1520. The molecule has 0 radical (unpaired) electrons. The summed E-state index contributed by atoms with van der Waals surface area (Å²) in [5, 5.41) is 0.630. The summed E-state index contributed by atoms with van der Waals surface area (Å²) in [4.78, 5) is 32.6. The fraction of sp³-hybridized carbons (Fsp3) is 0.370. The minimum atomic E-state index is -0.308. The monoisotopic (exact) mass is 475 g/mol. The minimum absolute atomic E-state index is 0.0431. The number of aryl methyl sites for hydroxylation is 1. The van der Waals surface area contributed by atoms with Crippen LogP contribution in [0, 0.1) is 0 Å². The molecule has 0 N–H and O–H groups in total. The maximum atomic E-state index is 14.1. The number of pyridine rings is 1. The zero-order valence-electron chi connectivity index (χ0n) is 20.5. The maximum Gasteiger partial charge on any atom is 0.267 e. The summed E-state index contributed by atoms with van der Waals surface area (Å²) in [5.74, 6) is 1.89. The Kier molecular flexibility index (Phi) is 5.96. The van der Waals surface area contributed by atoms with Crippen LogP contribution in [0.1, 0.15) is 38.1 Å². The van der Waals surface area contributed by atoms with Crippen molar-refractivity contribution in [3.05, 3.63) is 57.0 Å². The van der Waals surface area contributed by atoms with Crippen molar-refractivity contribution in [2.75, 3.05) is 21.3 Å². The molecule has 1 fully saturated rings. The number of methoxy groups -OCH3 is 3. The van der Waals surface area contributed by atoms with Crippen LogP contribution in [0.25, 0.3) is 33.3 Å². The van der Waals surface area contributed by atoms with E-state index in [1.165, 1.54) is 0 Å². The summed E-state index contributed by atoms with van der Waals surface area (Å²) in [7, 11) is 6.49. The second-order valence-electron chi connectivity index (χ2n) is 8.92. The molecule has 0 aliphatic heterocycles. The SMILES string of the molecule is COc1cc(-c2nc3c(c(=O)c4ccccc4n3C)c(=O)n2C2CCCCC2)cc(OC)c1OC. The Morgan fingerprint density at radius 1 is 0.914 bits per heavy atom. The van der Waals surface area contributed by atoms with Crippen molar-refractivity contribution in [3.63, 3.8) is 0 Å². The third kappa shape index (κ3) is 3.64. The predicted octanol–water partition coefficient (Wildman–Crippen LogP) is 4.45. The van der Waals surface area contributed by atoms with E-state index in [4.69, 9.17) is 19.2 Å². The van der Waals surface area contributed by atoms with E-state index in [-0.39, 0.29) is 22.4 Å². The second-order valence-corrected chi connectivity index (χ2v) is 8.92. The number of para-hydroxylation sites is 1. The molecule has 0 spiro atoms. The highest BCUT2D eigenvalue weighted by Crippen LogP contribution is 2.41. The van der Waals surface area contributed by atoms with Crippen LogP contribution in [-0.2, 0) is 7.05 Å². The third-order valence-electron chi connectivity index (χ3n) is 7.01. The van der Waals surface area contributed by atoms with Gasteiger partial charge in [0.2, 0.25) is 11.2 Å². The zero-order valence-corrected chi connectivity index (χ0v) is 20.5. The van der Waals surface area contributed by atoms with Gasteiger partial charge in [-0.3, -0.25) is 14.2 Å². The van der Waals surface area contributed by atoms with Gasteiger partial charge >= 0.3 is 0 Å². The van der Waals surface area contributed by atoms with E-state index in [1.807, 2.05) is 29.8 Å². The lowest BCUT2D eigenvalue weighted by molar-refractivity contribution is 0.324. The Balaban J connectivity index is 1.92. The van der Waals surface area contributed by atoms with Gasteiger partial charge in [-0.1, -0.05) is 31.4 Å². The number of nitrogens with zero attached hydrogens (tertiary/aromatic N) is 3. The Morgan fingerprint density at radius 3 is 2.20 bits per heavy atom. The quantitative estimate of drug-likeness (QED) is 0.397. The molecule has 0 atom stereocenters.